The van der Waals surface area contributed by atoms with Crippen LogP contribution in [0.4, 0.5) is 0 Å². The number of benzene rings is 4. The maximum Gasteiger partial charge on any atom is 0.125 e. The minimum atomic E-state index is -0.803. The van der Waals surface area contributed by atoms with Gasteiger partial charge in [-0.25, -0.2) is 0 Å². The van der Waals surface area contributed by atoms with E-state index in [1.807, 2.05) is 0 Å². The molecule has 0 amide bonds. The molecule has 4 aromatic carbocycles. The van der Waals surface area contributed by atoms with Gasteiger partial charge in [0, 0.05) is 5.56 Å². The highest BCUT2D eigenvalue weighted by atomic mass is 16.3. The molecular formula is C24H20O. The van der Waals surface area contributed by atoms with Gasteiger partial charge in [-0.2, -0.15) is 0 Å². The standard InChI is InChI=1S/C24H20O/c25-24(14-2-1-3-15-24)16-13-17-7-8-20-10-9-18-5-4-6-19-11-12-21(17)23(20)22(18)19/h4-12,25H,1-3,14-15H2. The van der Waals surface area contributed by atoms with Crippen LogP contribution in [-0.4, -0.2) is 10.7 Å². The van der Waals surface area contributed by atoms with Crippen molar-refractivity contribution in [2.24, 2.45) is 0 Å². The molecule has 1 heteroatoms. The zero-order valence-electron chi connectivity index (χ0n) is 14.2. The van der Waals surface area contributed by atoms with Gasteiger partial charge >= 0.3 is 0 Å². The maximum absolute atomic E-state index is 10.7. The van der Waals surface area contributed by atoms with Crippen molar-refractivity contribution in [1.82, 2.24) is 0 Å². The molecule has 1 aliphatic rings. The van der Waals surface area contributed by atoms with E-state index in [-0.39, 0.29) is 0 Å². The molecule has 0 aliphatic heterocycles. The van der Waals surface area contributed by atoms with Crippen LogP contribution >= 0.6 is 0 Å². The van der Waals surface area contributed by atoms with E-state index in [9.17, 15) is 5.11 Å². The number of aliphatic hydroxyl groups is 1. The zero-order valence-corrected chi connectivity index (χ0v) is 14.2. The summed E-state index contributed by atoms with van der Waals surface area (Å²) in [5, 5.41) is 18.3. The predicted octanol–water partition coefficient (Wildman–Crippen LogP) is 5.63. The summed E-state index contributed by atoms with van der Waals surface area (Å²) in [6.45, 7) is 0. The summed E-state index contributed by atoms with van der Waals surface area (Å²) in [4.78, 5) is 0. The fourth-order valence-corrected chi connectivity index (χ4v) is 4.29. The number of rotatable bonds is 0. The van der Waals surface area contributed by atoms with Crippen LogP contribution in [0.2, 0.25) is 0 Å². The molecule has 0 spiro atoms. The third kappa shape index (κ3) is 2.37. The molecule has 1 N–H and O–H groups in total. The minimum Gasteiger partial charge on any atom is -0.378 e. The van der Waals surface area contributed by atoms with Crippen LogP contribution in [0.15, 0.2) is 54.6 Å². The van der Waals surface area contributed by atoms with Gasteiger partial charge in [0.05, 0.1) is 0 Å². The molecule has 5 rings (SSSR count). The van der Waals surface area contributed by atoms with Crippen LogP contribution in [0.5, 0.6) is 0 Å². The van der Waals surface area contributed by atoms with Crippen LogP contribution in [0.3, 0.4) is 0 Å². The Bertz CT molecular complexity index is 1120. The lowest BCUT2D eigenvalue weighted by atomic mass is 9.85. The van der Waals surface area contributed by atoms with E-state index in [4.69, 9.17) is 0 Å². The van der Waals surface area contributed by atoms with Gasteiger partial charge in [0.25, 0.3) is 0 Å². The summed E-state index contributed by atoms with van der Waals surface area (Å²) in [6.07, 6.45) is 4.95. The van der Waals surface area contributed by atoms with Crippen molar-refractivity contribution in [3.8, 4) is 11.8 Å². The van der Waals surface area contributed by atoms with E-state index in [0.717, 1.165) is 31.2 Å². The molecule has 0 saturated heterocycles. The highest BCUT2D eigenvalue weighted by molar-refractivity contribution is 6.23. The van der Waals surface area contributed by atoms with Gasteiger partial charge in [0.1, 0.15) is 5.60 Å². The van der Waals surface area contributed by atoms with Gasteiger partial charge in [0.2, 0.25) is 0 Å². The van der Waals surface area contributed by atoms with Gasteiger partial charge < -0.3 is 5.11 Å². The SMILES string of the molecule is OC1(C#Cc2ccc3ccc4cccc5ccc2c3c45)CCCCC1. The second kappa shape index (κ2) is 5.48. The Hall–Kier alpha value is -2.56. The molecule has 122 valence electrons. The largest absolute Gasteiger partial charge is 0.378 e. The second-order valence-electron chi connectivity index (χ2n) is 7.31. The van der Waals surface area contributed by atoms with E-state index >= 15 is 0 Å². The lowest BCUT2D eigenvalue weighted by molar-refractivity contribution is 0.0610. The summed E-state index contributed by atoms with van der Waals surface area (Å²) < 4.78 is 0. The first-order valence-electron chi connectivity index (χ1n) is 9.16. The minimum absolute atomic E-state index is 0.797. The molecule has 4 aromatic rings. The third-order valence-electron chi connectivity index (χ3n) is 5.64. The summed E-state index contributed by atoms with van der Waals surface area (Å²) in [5.74, 6) is 6.50. The van der Waals surface area contributed by atoms with E-state index in [1.165, 1.54) is 38.7 Å². The van der Waals surface area contributed by atoms with Crippen molar-refractivity contribution in [1.29, 1.82) is 0 Å². The predicted molar refractivity (Wildman–Crippen MR) is 105 cm³/mol. The smallest absolute Gasteiger partial charge is 0.125 e. The van der Waals surface area contributed by atoms with E-state index in [1.54, 1.807) is 0 Å². The van der Waals surface area contributed by atoms with Crippen LogP contribution in [0.25, 0.3) is 32.3 Å². The Morgan fingerprint density at radius 2 is 1.36 bits per heavy atom. The van der Waals surface area contributed by atoms with Gasteiger partial charge in [0.15, 0.2) is 0 Å². The summed E-state index contributed by atoms with van der Waals surface area (Å²) >= 11 is 0. The van der Waals surface area contributed by atoms with Crippen molar-refractivity contribution in [3.63, 3.8) is 0 Å². The maximum atomic E-state index is 10.7. The Morgan fingerprint density at radius 1 is 0.720 bits per heavy atom. The second-order valence-corrected chi connectivity index (χ2v) is 7.31. The fraction of sp³-hybridized carbons (Fsp3) is 0.250. The van der Waals surface area contributed by atoms with Gasteiger partial charge in [-0.15, -0.1) is 0 Å². The quantitative estimate of drug-likeness (QED) is 0.328. The molecule has 0 bridgehead atoms. The van der Waals surface area contributed by atoms with Crippen molar-refractivity contribution in [2.75, 3.05) is 0 Å². The molecule has 1 nitrogen and oxygen atoms in total. The zero-order chi connectivity index (χ0) is 16.9. The monoisotopic (exact) mass is 324 g/mol. The van der Waals surface area contributed by atoms with Crippen LogP contribution in [0.1, 0.15) is 37.7 Å². The van der Waals surface area contributed by atoms with Crippen LogP contribution in [-0.2, 0) is 0 Å². The summed E-state index contributed by atoms with van der Waals surface area (Å²) in [6, 6.07) is 19.5. The lowest BCUT2D eigenvalue weighted by Gasteiger charge is -2.26. The van der Waals surface area contributed by atoms with Crippen molar-refractivity contribution in [2.45, 2.75) is 37.7 Å². The van der Waals surface area contributed by atoms with Crippen molar-refractivity contribution >= 4 is 32.3 Å². The molecule has 1 saturated carbocycles. The molecule has 0 atom stereocenters. The van der Waals surface area contributed by atoms with E-state index in [2.05, 4.69) is 66.4 Å². The van der Waals surface area contributed by atoms with Crippen molar-refractivity contribution < 1.29 is 5.11 Å². The Balaban J connectivity index is 1.75. The summed E-state index contributed by atoms with van der Waals surface area (Å²) in [7, 11) is 0. The Labute approximate surface area is 147 Å². The van der Waals surface area contributed by atoms with Crippen molar-refractivity contribution in [3.05, 3.63) is 60.2 Å². The fourth-order valence-electron chi connectivity index (χ4n) is 4.29. The highest BCUT2D eigenvalue weighted by Crippen LogP contribution is 2.36. The first-order chi connectivity index (χ1) is 12.2. The molecule has 0 aromatic heterocycles. The van der Waals surface area contributed by atoms with E-state index in [0.29, 0.717) is 0 Å². The van der Waals surface area contributed by atoms with E-state index < -0.39 is 5.60 Å². The van der Waals surface area contributed by atoms with Crippen LogP contribution < -0.4 is 0 Å². The molecule has 1 aliphatic carbocycles. The lowest BCUT2D eigenvalue weighted by Crippen LogP contribution is -2.29. The molecule has 25 heavy (non-hydrogen) atoms. The Kier molecular flexibility index (Phi) is 3.23. The molecule has 0 heterocycles. The molecule has 0 unspecified atom stereocenters. The van der Waals surface area contributed by atoms with Gasteiger partial charge in [-0.05, 0) is 64.1 Å². The molecule has 1 fully saturated rings. The third-order valence-corrected chi connectivity index (χ3v) is 5.64. The molecular weight excluding hydrogens is 304 g/mol. The van der Waals surface area contributed by atoms with Gasteiger partial charge in [-0.1, -0.05) is 66.8 Å². The first-order valence-corrected chi connectivity index (χ1v) is 9.16. The average Bonchev–Trinajstić information content (AvgIpc) is 2.65. The highest BCUT2D eigenvalue weighted by Gasteiger charge is 2.26. The van der Waals surface area contributed by atoms with Gasteiger partial charge in [-0.3, -0.25) is 0 Å². The first kappa shape index (κ1) is 14.8. The average molecular weight is 324 g/mol. The normalized spacial score (nSPS) is 17.0. The summed E-state index contributed by atoms with van der Waals surface area (Å²) in [5.41, 5.74) is 0.215. The molecule has 0 radical (unpaired) electrons. The Morgan fingerprint density at radius 3 is 2.12 bits per heavy atom. The van der Waals surface area contributed by atoms with Crippen LogP contribution in [0, 0.1) is 11.8 Å². The number of hydrogen-bond donors (Lipinski definition) is 1. The topological polar surface area (TPSA) is 20.2 Å². The number of hydrogen-bond acceptors (Lipinski definition) is 1.